The summed E-state index contributed by atoms with van der Waals surface area (Å²) in [4.78, 5) is 27.8. The van der Waals surface area contributed by atoms with Crippen LogP contribution in [-0.2, 0) is 18.8 Å². The van der Waals surface area contributed by atoms with Crippen LogP contribution in [0.15, 0.2) is 23.3 Å². The Morgan fingerprint density at radius 3 is 2.48 bits per heavy atom. The first-order valence-corrected chi connectivity index (χ1v) is 15.7. The van der Waals surface area contributed by atoms with E-state index in [4.69, 9.17) is 9.16 Å². The molecule has 3 aliphatic carbocycles. The van der Waals surface area contributed by atoms with Crippen LogP contribution in [0.4, 0.5) is 0 Å². The number of allylic oxidation sites excluding steroid dienone is 2. The molecule has 5 nitrogen and oxygen atoms in total. The highest BCUT2D eigenvalue weighted by atomic mass is 28.4. The first-order chi connectivity index (χ1) is 15.3. The summed E-state index contributed by atoms with van der Waals surface area (Å²) in [6.07, 6.45) is 6.80. The lowest BCUT2D eigenvalue weighted by molar-refractivity contribution is -0.160. The summed E-state index contributed by atoms with van der Waals surface area (Å²) in [5.74, 6) is -0.346. The molecule has 0 saturated heterocycles. The fraction of sp³-hybridized carbons (Fsp3) is 0.778. The van der Waals surface area contributed by atoms with E-state index in [1.165, 1.54) is 0 Å². The van der Waals surface area contributed by atoms with Crippen LogP contribution in [0.25, 0.3) is 0 Å². The van der Waals surface area contributed by atoms with Gasteiger partial charge in [0.2, 0.25) is 0 Å². The zero-order valence-electron chi connectivity index (χ0n) is 21.9. The lowest BCUT2D eigenvalue weighted by atomic mass is 9.62. The average molecular weight is 477 g/mol. The first-order valence-electron chi connectivity index (χ1n) is 12.8. The number of carbonyl (C=O) groups is 2. The van der Waals surface area contributed by atoms with Crippen LogP contribution in [0.3, 0.4) is 0 Å². The molecule has 1 fully saturated rings. The van der Waals surface area contributed by atoms with Crippen molar-refractivity contribution in [3.8, 4) is 0 Å². The van der Waals surface area contributed by atoms with Crippen molar-refractivity contribution in [1.29, 1.82) is 0 Å². The number of hydrogen-bond acceptors (Lipinski definition) is 5. The van der Waals surface area contributed by atoms with Crippen molar-refractivity contribution in [2.75, 3.05) is 6.61 Å². The minimum atomic E-state index is -1.99. The van der Waals surface area contributed by atoms with Gasteiger partial charge in [0.05, 0.1) is 12.7 Å². The topological polar surface area (TPSA) is 72.8 Å². The SMILES string of the molecule is CCC[C@]1(C(=O)OCC)C2=C(C=C[C@@H]1O)CC[C@@H]1[C@@H](O[Si](C)(C)C(C)(C)C)CC[C@]1(C)C2=O. The molecule has 0 radical (unpaired) electrons. The zero-order valence-corrected chi connectivity index (χ0v) is 22.9. The van der Waals surface area contributed by atoms with Crippen molar-refractivity contribution in [1.82, 2.24) is 0 Å². The molecule has 186 valence electrons. The second-order valence-electron chi connectivity index (χ2n) is 12.0. The summed E-state index contributed by atoms with van der Waals surface area (Å²) in [6, 6.07) is 0. The van der Waals surface area contributed by atoms with Gasteiger partial charge in [-0.05, 0) is 68.7 Å². The highest BCUT2D eigenvalue weighted by Gasteiger charge is 2.60. The predicted molar refractivity (Wildman–Crippen MR) is 133 cm³/mol. The number of fused-ring (bicyclic) bond motifs is 1. The number of esters is 1. The smallest absolute Gasteiger partial charge is 0.319 e. The van der Waals surface area contributed by atoms with Gasteiger partial charge >= 0.3 is 5.97 Å². The fourth-order valence-electron chi connectivity index (χ4n) is 6.02. The van der Waals surface area contributed by atoms with Gasteiger partial charge in [-0.25, -0.2) is 0 Å². The molecule has 3 aliphatic rings. The highest BCUT2D eigenvalue weighted by Crippen LogP contribution is 2.57. The highest BCUT2D eigenvalue weighted by molar-refractivity contribution is 6.74. The second-order valence-corrected chi connectivity index (χ2v) is 16.7. The van der Waals surface area contributed by atoms with E-state index in [9.17, 15) is 14.7 Å². The molecule has 0 aromatic heterocycles. The lowest BCUT2D eigenvalue weighted by Crippen LogP contribution is -2.51. The number of hydrogen-bond donors (Lipinski definition) is 1. The molecule has 0 unspecified atom stereocenters. The van der Waals surface area contributed by atoms with E-state index in [2.05, 4.69) is 40.8 Å². The van der Waals surface area contributed by atoms with E-state index < -0.39 is 31.2 Å². The van der Waals surface area contributed by atoms with Crippen molar-refractivity contribution in [3.05, 3.63) is 23.3 Å². The molecule has 1 saturated carbocycles. The van der Waals surface area contributed by atoms with Crippen LogP contribution >= 0.6 is 0 Å². The van der Waals surface area contributed by atoms with E-state index >= 15 is 0 Å². The maximum Gasteiger partial charge on any atom is 0.319 e. The summed E-state index contributed by atoms with van der Waals surface area (Å²) >= 11 is 0. The quantitative estimate of drug-likeness (QED) is 0.391. The summed E-state index contributed by atoms with van der Waals surface area (Å²) in [5.41, 5.74) is -0.507. The molecule has 1 N–H and O–H groups in total. The maximum atomic E-state index is 14.4. The maximum absolute atomic E-state index is 14.4. The van der Waals surface area contributed by atoms with E-state index in [0.717, 1.165) is 24.8 Å². The number of aliphatic hydroxyl groups is 1. The van der Waals surface area contributed by atoms with Crippen molar-refractivity contribution in [3.63, 3.8) is 0 Å². The number of aliphatic hydroxyl groups excluding tert-OH is 1. The van der Waals surface area contributed by atoms with Gasteiger partial charge in [0.1, 0.15) is 5.41 Å². The molecular formula is C27H44O5Si. The van der Waals surface area contributed by atoms with E-state index in [1.54, 1.807) is 13.0 Å². The minimum absolute atomic E-state index is 0.0197. The molecule has 0 spiro atoms. The molecule has 0 aromatic carbocycles. The molecule has 3 rings (SSSR count). The van der Waals surface area contributed by atoms with Gasteiger partial charge in [-0.1, -0.05) is 53.2 Å². The Kier molecular flexibility index (Phi) is 7.26. The van der Waals surface area contributed by atoms with Gasteiger partial charge in [-0.15, -0.1) is 0 Å². The molecule has 6 heteroatoms. The van der Waals surface area contributed by atoms with Gasteiger partial charge < -0.3 is 14.3 Å². The molecule has 0 amide bonds. The van der Waals surface area contributed by atoms with Crippen LogP contribution in [-0.4, -0.2) is 44.0 Å². The third-order valence-electron chi connectivity index (χ3n) is 8.97. The summed E-state index contributed by atoms with van der Waals surface area (Å²) in [5, 5.41) is 11.2. The zero-order chi connectivity index (χ0) is 24.8. The molecule has 0 aliphatic heterocycles. The Hall–Kier alpha value is -1.24. The number of Topliss-reactive ketones (excluding diaryl/α,β-unsaturated/α-hetero) is 1. The van der Waals surface area contributed by atoms with Gasteiger partial charge in [0.15, 0.2) is 14.1 Å². The Morgan fingerprint density at radius 1 is 1.24 bits per heavy atom. The van der Waals surface area contributed by atoms with Gasteiger partial charge in [0, 0.05) is 17.1 Å². The summed E-state index contributed by atoms with van der Waals surface area (Å²) in [7, 11) is -1.99. The summed E-state index contributed by atoms with van der Waals surface area (Å²) < 4.78 is 12.3. The number of carbonyl (C=O) groups excluding carboxylic acids is 2. The van der Waals surface area contributed by atoms with Crippen LogP contribution in [0.2, 0.25) is 18.1 Å². The molecular weight excluding hydrogens is 432 g/mol. The number of ketones is 1. The summed E-state index contributed by atoms with van der Waals surface area (Å²) in [6.45, 7) is 17.3. The van der Waals surface area contributed by atoms with Crippen LogP contribution in [0, 0.1) is 16.7 Å². The fourth-order valence-corrected chi connectivity index (χ4v) is 7.41. The van der Waals surface area contributed by atoms with E-state index in [-0.39, 0.29) is 29.5 Å². The standard InChI is InChI=1S/C27H44O5Si/c1-9-16-27(24(30)31-10-2)21(28)14-12-18-11-13-19-20(32-33(7,8)25(3,4)5)15-17-26(19,6)23(29)22(18)27/h12,14,19-21,28H,9-11,13,15-17H2,1-8H3/t19-,20+,21+,26+,27-/m1/s1. The third kappa shape index (κ3) is 4.21. The van der Waals surface area contributed by atoms with Crippen LogP contribution in [0.1, 0.15) is 80.1 Å². The Labute approximate surface area is 201 Å². The molecule has 0 bridgehead atoms. The van der Waals surface area contributed by atoms with E-state index in [0.29, 0.717) is 24.8 Å². The predicted octanol–water partition coefficient (Wildman–Crippen LogP) is 5.73. The van der Waals surface area contributed by atoms with Crippen LogP contribution < -0.4 is 0 Å². The molecule has 5 atom stereocenters. The molecule has 33 heavy (non-hydrogen) atoms. The number of ether oxygens (including phenoxy) is 1. The van der Waals surface area contributed by atoms with Gasteiger partial charge in [-0.2, -0.15) is 0 Å². The average Bonchev–Trinajstić information content (AvgIpc) is 2.97. The normalized spacial score (nSPS) is 34.7. The van der Waals surface area contributed by atoms with Crippen molar-refractivity contribution < 1.29 is 23.9 Å². The number of rotatable bonds is 6. The minimum Gasteiger partial charge on any atom is -0.465 e. The van der Waals surface area contributed by atoms with Crippen LogP contribution in [0.5, 0.6) is 0 Å². The molecule has 0 heterocycles. The van der Waals surface area contributed by atoms with Crippen molar-refractivity contribution in [2.45, 2.75) is 110 Å². The lowest BCUT2D eigenvalue weighted by Gasteiger charge is -2.42. The monoisotopic (exact) mass is 476 g/mol. The van der Waals surface area contributed by atoms with Crippen molar-refractivity contribution >= 4 is 20.1 Å². The van der Waals surface area contributed by atoms with Gasteiger partial charge in [-0.3, -0.25) is 9.59 Å². The van der Waals surface area contributed by atoms with E-state index in [1.807, 2.05) is 13.0 Å². The second kappa shape index (κ2) is 9.08. The third-order valence-corrected chi connectivity index (χ3v) is 13.5. The van der Waals surface area contributed by atoms with Gasteiger partial charge in [0.25, 0.3) is 0 Å². The Balaban J connectivity index is 2.04. The largest absolute Gasteiger partial charge is 0.465 e. The van der Waals surface area contributed by atoms with Crippen molar-refractivity contribution in [2.24, 2.45) is 16.7 Å². The Bertz CT molecular complexity index is 851. The Morgan fingerprint density at radius 2 is 1.91 bits per heavy atom. The first kappa shape index (κ1) is 26.4. The molecule has 0 aromatic rings.